The van der Waals surface area contributed by atoms with E-state index in [4.69, 9.17) is 9.84 Å². The van der Waals surface area contributed by atoms with E-state index in [1.165, 1.54) is 95.5 Å². The number of hydrogen-bond donors (Lipinski definition) is 2. The minimum atomic E-state index is -0.283. The Bertz CT molecular complexity index is 998. The first-order valence-electron chi connectivity index (χ1n) is 19.1. The topological polar surface area (TPSA) is 83.8 Å². The van der Waals surface area contributed by atoms with Crippen molar-refractivity contribution in [2.24, 2.45) is 23.7 Å². The Balaban J connectivity index is 0.00000117. The van der Waals surface area contributed by atoms with E-state index < -0.39 is 0 Å². The Morgan fingerprint density at radius 3 is 1.94 bits per heavy atom. The van der Waals surface area contributed by atoms with Gasteiger partial charge in [-0.2, -0.15) is 0 Å². The second-order valence-corrected chi connectivity index (χ2v) is 14.5. The lowest BCUT2D eigenvalue weighted by Gasteiger charge is -2.32. The first kappa shape index (κ1) is 40.9. The van der Waals surface area contributed by atoms with E-state index in [0.717, 1.165) is 55.8 Å². The lowest BCUT2D eigenvalue weighted by atomic mass is 9.74. The molecule has 0 aromatic heterocycles. The summed E-state index contributed by atoms with van der Waals surface area (Å²) in [6, 6.07) is 9.48. The molecule has 0 heterocycles. The molecule has 0 amide bonds. The lowest BCUT2D eigenvalue weighted by molar-refractivity contribution is -0.139. The summed E-state index contributed by atoms with van der Waals surface area (Å²) in [7, 11) is 0. The van der Waals surface area contributed by atoms with Gasteiger partial charge in [0.25, 0.3) is 0 Å². The summed E-state index contributed by atoms with van der Waals surface area (Å²) in [4.78, 5) is 21.3. The molecule has 3 rings (SSSR count). The Kier molecular flexibility index (Phi) is 21.6. The number of rotatable bonds is 21. The number of benzene rings is 1. The molecule has 47 heavy (non-hydrogen) atoms. The van der Waals surface area contributed by atoms with Gasteiger partial charge in [0.1, 0.15) is 6.29 Å². The van der Waals surface area contributed by atoms with Gasteiger partial charge in [0.15, 0.2) is 0 Å². The minimum Gasteiger partial charge on any atom is -0.462 e. The summed E-state index contributed by atoms with van der Waals surface area (Å²) in [5.41, 5.74) is 3.70. The third-order valence-corrected chi connectivity index (χ3v) is 10.9. The van der Waals surface area contributed by atoms with Gasteiger partial charge in [-0.25, -0.2) is 4.79 Å². The van der Waals surface area contributed by atoms with E-state index in [1.54, 1.807) is 5.56 Å². The second-order valence-electron chi connectivity index (χ2n) is 14.5. The van der Waals surface area contributed by atoms with Gasteiger partial charge in [-0.15, -0.1) is 0 Å². The van der Waals surface area contributed by atoms with E-state index in [9.17, 15) is 14.7 Å². The molecule has 2 fully saturated rings. The molecule has 0 saturated heterocycles. The molecule has 0 bridgehead atoms. The van der Waals surface area contributed by atoms with Crippen LogP contribution in [0.2, 0.25) is 0 Å². The molecule has 1 unspecified atom stereocenters. The Morgan fingerprint density at radius 2 is 1.43 bits per heavy atom. The zero-order chi connectivity index (χ0) is 34.3. The van der Waals surface area contributed by atoms with Gasteiger partial charge in [-0.05, 0) is 105 Å². The number of ether oxygens (including phenoxy) is 1. The van der Waals surface area contributed by atoms with Crippen LogP contribution < -0.4 is 0 Å². The fourth-order valence-corrected chi connectivity index (χ4v) is 7.52. The molecule has 1 atom stereocenters. The normalized spacial score (nSPS) is 21.6. The number of aliphatic hydroxyl groups is 2. The molecular weight excluding hydrogens is 584 g/mol. The monoisotopic (exact) mass is 653 g/mol. The van der Waals surface area contributed by atoms with Crippen LogP contribution in [-0.4, -0.2) is 42.3 Å². The minimum absolute atomic E-state index is 0.192. The molecule has 5 nitrogen and oxygen atoms in total. The number of aldehydes is 1. The number of hydrogen-bond acceptors (Lipinski definition) is 5. The smallest absolute Gasteiger partial charge is 0.333 e. The van der Waals surface area contributed by atoms with Gasteiger partial charge in [0, 0.05) is 17.8 Å². The van der Waals surface area contributed by atoms with Crippen molar-refractivity contribution in [1.82, 2.24) is 0 Å². The van der Waals surface area contributed by atoms with Gasteiger partial charge in [0.2, 0.25) is 0 Å². The van der Waals surface area contributed by atoms with E-state index in [2.05, 4.69) is 44.3 Å². The van der Waals surface area contributed by atoms with Crippen molar-refractivity contribution in [3.8, 4) is 0 Å². The third-order valence-electron chi connectivity index (χ3n) is 10.9. The largest absolute Gasteiger partial charge is 0.462 e. The molecule has 266 valence electrons. The molecular formula is C42H68O5. The average Bonchev–Trinajstić information content (AvgIpc) is 3.11. The van der Waals surface area contributed by atoms with Crippen LogP contribution in [0.25, 0.3) is 0 Å². The van der Waals surface area contributed by atoms with Crippen LogP contribution in [0.1, 0.15) is 153 Å². The number of unbranched alkanes of at least 4 members (excludes halogenated alkanes) is 2. The molecule has 0 radical (unpaired) electrons. The fourth-order valence-electron chi connectivity index (χ4n) is 7.52. The predicted octanol–water partition coefficient (Wildman–Crippen LogP) is 10.1. The third kappa shape index (κ3) is 17.1. The standard InChI is InChI=1S/C38H62O3.C4H6O2/c1-4-6-7-9-31-12-14-34(15-13-31)16-17-35-20-24-37(25-21-35)36-22-18-32(19-23-36)10-8-11-33(26-28-39)27-29-41-38(40)30(3)5-2;1-4(2-5)3-6/h18-19,22-23,31,33-35,37,39H,3-17,20-21,24-29H2,1-2H3;2,6H,1,3H2. The van der Waals surface area contributed by atoms with Crippen LogP contribution in [0.5, 0.6) is 0 Å². The van der Waals surface area contributed by atoms with Crippen molar-refractivity contribution < 1.29 is 24.5 Å². The molecule has 1 aromatic rings. The van der Waals surface area contributed by atoms with Gasteiger partial charge in [0.05, 0.1) is 13.2 Å². The van der Waals surface area contributed by atoms with Crippen LogP contribution >= 0.6 is 0 Å². The molecule has 2 aliphatic carbocycles. The van der Waals surface area contributed by atoms with Crippen molar-refractivity contribution in [2.45, 2.75) is 148 Å². The Labute approximate surface area is 287 Å². The zero-order valence-corrected chi connectivity index (χ0v) is 30.1. The number of aryl methyl sites for hydroxylation is 1. The first-order valence-corrected chi connectivity index (χ1v) is 19.1. The maximum Gasteiger partial charge on any atom is 0.333 e. The quantitative estimate of drug-likeness (QED) is 0.0598. The highest BCUT2D eigenvalue weighted by atomic mass is 16.5. The Hall–Kier alpha value is -2.24. The number of carbonyl (C=O) groups is 2. The van der Waals surface area contributed by atoms with Crippen molar-refractivity contribution in [1.29, 1.82) is 0 Å². The molecule has 0 spiro atoms. The molecule has 5 heteroatoms. The summed E-state index contributed by atoms with van der Waals surface area (Å²) in [6.07, 6.45) is 26.3. The summed E-state index contributed by atoms with van der Waals surface area (Å²) in [5, 5.41) is 17.5. The summed E-state index contributed by atoms with van der Waals surface area (Å²) in [6.45, 7) is 11.5. The van der Waals surface area contributed by atoms with Crippen molar-refractivity contribution in [2.75, 3.05) is 19.8 Å². The van der Waals surface area contributed by atoms with E-state index in [0.29, 0.717) is 30.8 Å². The SMILES string of the molecule is C=C(C=O)CO.C=C(CC)C(=O)OCCC(CCO)CCCc1ccc(C2CCC(CCC3CCC(CCCCC)CC3)CC2)cc1. The highest BCUT2D eigenvalue weighted by Crippen LogP contribution is 2.40. The molecule has 2 aliphatic rings. The van der Waals surface area contributed by atoms with Crippen LogP contribution in [-0.2, 0) is 20.7 Å². The summed E-state index contributed by atoms with van der Waals surface area (Å²) in [5.74, 6) is 3.88. The maximum atomic E-state index is 11.8. The Morgan fingerprint density at radius 1 is 0.830 bits per heavy atom. The number of aliphatic hydroxyl groups excluding tert-OH is 2. The lowest BCUT2D eigenvalue weighted by Crippen LogP contribution is -2.17. The van der Waals surface area contributed by atoms with Crippen LogP contribution in [0, 0.1) is 23.7 Å². The van der Waals surface area contributed by atoms with Crippen LogP contribution in [0.4, 0.5) is 0 Å². The van der Waals surface area contributed by atoms with Crippen molar-refractivity contribution >= 4 is 12.3 Å². The van der Waals surface area contributed by atoms with Gasteiger partial charge >= 0.3 is 5.97 Å². The first-order chi connectivity index (χ1) is 22.8. The highest BCUT2D eigenvalue weighted by molar-refractivity contribution is 5.87. The van der Waals surface area contributed by atoms with Crippen LogP contribution in [0.3, 0.4) is 0 Å². The number of carbonyl (C=O) groups excluding carboxylic acids is 2. The average molecular weight is 653 g/mol. The van der Waals surface area contributed by atoms with E-state index in [1.807, 2.05) is 6.92 Å². The maximum absolute atomic E-state index is 11.8. The highest BCUT2D eigenvalue weighted by Gasteiger charge is 2.25. The summed E-state index contributed by atoms with van der Waals surface area (Å²) < 4.78 is 5.35. The predicted molar refractivity (Wildman–Crippen MR) is 195 cm³/mol. The van der Waals surface area contributed by atoms with Crippen molar-refractivity contribution in [3.63, 3.8) is 0 Å². The number of esters is 1. The molecule has 2 saturated carbocycles. The molecule has 0 aliphatic heterocycles. The summed E-state index contributed by atoms with van der Waals surface area (Å²) >= 11 is 0. The van der Waals surface area contributed by atoms with E-state index in [-0.39, 0.29) is 24.8 Å². The van der Waals surface area contributed by atoms with Crippen molar-refractivity contribution in [3.05, 3.63) is 59.7 Å². The molecule has 1 aromatic carbocycles. The van der Waals surface area contributed by atoms with Gasteiger partial charge in [-0.1, -0.05) is 115 Å². The second kappa shape index (κ2) is 24.8. The van der Waals surface area contributed by atoms with E-state index >= 15 is 0 Å². The fraction of sp³-hybridized carbons (Fsp3) is 0.714. The molecule has 2 N–H and O–H groups in total. The van der Waals surface area contributed by atoms with Gasteiger partial charge < -0.3 is 14.9 Å². The van der Waals surface area contributed by atoms with Gasteiger partial charge in [-0.3, -0.25) is 4.79 Å². The van der Waals surface area contributed by atoms with Crippen LogP contribution in [0.15, 0.2) is 48.6 Å². The zero-order valence-electron chi connectivity index (χ0n) is 30.1.